The van der Waals surface area contributed by atoms with E-state index in [2.05, 4.69) is 15.5 Å². The number of aromatic nitrogens is 4. The van der Waals surface area contributed by atoms with Crippen molar-refractivity contribution in [3.05, 3.63) is 59.8 Å². The van der Waals surface area contributed by atoms with Gasteiger partial charge in [0, 0.05) is 24.2 Å². The maximum atomic E-state index is 13.4. The van der Waals surface area contributed by atoms with Crippen LogP contribution in [0.1, 0.15) is 41.9 Å². The van der Waals surface area contributed by atoms with Crippen molar-refractivity contribution >= 4 is 11.7 Å². The Hall–Kier alpha value is -2.96. The molecule has 2 aromatic heterocycles. The number of hydrogen-bond acceptors (Lipinski definition) is 3. The van der Waals surface area contributed by atoms with Crippen LogP contribution in [0.2, 0.25) is 0 Å². The second kappa shape index (κ2) is 6.16. The van der Waals surface area contributed by atoms with Crippen LogP contribution < -0.4 is 5.32 Å². The average Bonchev–Trinajstić information content (AvgIpc) is 3.19. The number of amides is 1. The van der Waals surface area contributed by atoms with Crippen molar-refractivity contribution in [2.75, 3.05) is 5.32 Å². The quantitative estimate of drug-likeness (QED) is 0.775. The first kappa shape index (κ1) is 15.6. The summed E-state index contributed by atoms with van der Waals surface area (Å²) in [4.78, 5) is 12.6. The lowest BCUT2D eigenvalue weighted by atomic mass is 10.2. The molecule has 1 aliphatic rings. The number of nitrogens with zero attached hydrogens (tertiary/aromatic N) is 4. The van der Waals surface area contributed by atoms with Crippen LogP contribution in [0.5, 0.6) is 0 Å². The molecule has 0 saturated heterocycles. The van der Waals surface area contributed by atoms with Gasteiger partial charge in [0.15, 0.2) is 5.69 Å². The van der Waals surface area contributed by atoms with E-state index >= 15 is 0 Å². The van der Waals surface area contributed by atoms with E-state index in [1.165, 1.54) is 16.8 Å². The molecule has 1 N–H and O–H groups in total. The zero-order valence-electron chi connectivity index (χ0n) is 13.8. The van der Waals surface area contributed by atoms with Gasteiger partial charge in [0.05, 0.1) is 11.9 Å². The second-order valence-corrected chi connectivity index (χ2v) is 6.11. The molecule has 128 valence electrons. The summed E-state index contributed by atoms with van der Waals surface area (Å²) in [6.45, 7) is 2.75. The van der Waals surface area contributed by atoms with Crippen molar-refractivity contribution in [1.29, 1.82) is 0 Å². The number of rotatable bonds is 5. The SMILES string of the molecule is CCn1nc(C(=O)Nc2ccnn2-c2cccc(F)c2)cc1C1CC1. The molecule has 7 heteroatoms. The first-order chi connectivity index (χ1) is 12.2. The van der Waals surface area contributed by atoms with Crippen LogP contribution in [0, 0.1) is 5.82 Å². The number of carbonyl (C=O) groups excluding carboxylic acids is 1. The second-order valence-electron chi connectivity index (χ2n) is 6.11. The monoisotopic (exact) mass is 339 g/mol. The van der Waals surface area contributed by atoms with Gasteiger partial charge in [-0.15, -0.1) is 0 Å². The van der Waals surface area contributed by atoms with Crippen LogP contribution in [-0.2, 0) is 6.54 Å². The topological polar surface area (TPSA) is 64.7 Å². The molecular formula is C18H18FN5O. The zero-order valence-corrected chi connectivity index (χ0v) is 13.8. The minimum absolute atomic E-state index is 0.299. The largest absolute Gasteiger partial charge is 0.305 e. The van der Waals surface area contributed by atoms with Gasteiger partial charge >= 0.3 is 0 Å². The van der Waals surface area contributed by atoms with Crippen molar-refractivity contribution < 1.29 is 9.18 Å². The van der Waals surface area contributed by atoms with Crippen LogP contribution in [0.3, 0.4) is 0 Å². The molecule has 1 fully saturated rings. The molecule has 0 radical (unpaired) electrons. The fraction of sp³-hybridized carbons (Fsp3) is 0.278. The molecule has 4 rings (SSSR count). The lowest BCUT2D eigenvalue weighted by Crippen LogP contribution is -2.16. The summed E-state index contributed by atoms with van der Waals surface area (Å²) >= 11 is 0. The minimum Gasteiger partial charge on any atom is -0.305 e. The van der Waals surface area contributed by atoms with Gasteiger partial charge in [-0.2, -0.15) is 10.2 Å². The van der Waals surface area contributed by atoms with Crippen molar-refractivity contribution in [3.63, 3.8) is 0 Å². The first-order valence-electron chi connectivity index (χ1n) is 8.34. The molecule has 1 saturated carbocycles. The summed E-state index contributed by atoms with van der Waals surface area (Å²) in [5, 5.41) is 11.4. The van der Waals surface area contributed by atoms with Crippen LogP contribution in [-0.4, -0.2) is 25.5 Å². The molecule has 1 aromatic carbocycles. The van der Waals surface area contributed by atoms with Gasteiger partial charge in [-0.05, 0) is 44.0 Å². The van der Waals surface area contributed by atoms with Crippen LogP contribution in [0.4, 0.5) is 10.2 Å². The highest BCUT2D eigenvalue weighted by Crippen LogP contribution is 2.40. The van der Waals surface area contributed by atoms with Crippen LogP contribution >= 0.6 is 0 Å². The van der Waals surface area contributed by atoms with Gasteiger partial charge < -0.3 is 5.32 Å². The molecule has 0 aliphatic heterocycles. The number of halogens is 1. The number of benzene rings is 1. The standard InChI is InChI=1S/C18H18FN5O/c1-2-23-16(12-6-7-12)11-15(22-23)18(25)21-17-8-9-20-24(17)14-5-3-4-13(19)10-14/h3-5,8-12H,2,6-7H2,1H3,(H,21,25). The van der Waals surface area contributed by atoms with Crippen molar-refractivity contribution in [3.8, 4) is 5.69 Å². The zero-order chi connectivity index (χ0) is 17.4. The summed E-state index contributed by atoms with van der Waals surface area (Å²) in [5.74, 6) is 0.328. The first-order valence-corrected chi connectivity index (χ1v) is 8.34. The van der Waals surface area contributed by atoms with Gasteiger partial charge in [0.2, 0.25) is 0 Å². The van der Waals surface area contributed by atoms with E-state index in [9.17, 15) is 9.18 Å². The van der Waals surface area contributed by atoms with Crippen molar-refractivity contribution in [2.45, 2.75) is 32.2 Å². The van der Waals surface area contributed by atoms with Gasteiger partial charge in [0.1, 0.15) is 11.6 Å². The van der Waals surface area contributed by atoms with E-state index in [0.29, 0.717) is 23.1 Å². The minimum atomic E-state index is -0.360. The van der Waals surface area contributed by atoms with E-state index in [0.717, 1.165) is 25.1 Å². The van der Waals surface area contributed by atoms with E-state index in [4.69, 9.17) is 0 Å². The Balaban J connectivity index is 1.59. The number of anilines is 1. The number of aryl methyl sites for hydroxylation is 1. The van der Waals surface area contributed by atoms with Gasteiger partial charge in [-0.1, -0.05) is 6.07 Å². The summed E-state index contributed by atoms with van der Waals surface area (Å²) in [7, 11) is 0. The molecule has 25 heavy (non-hydrogen) atoms. The number of hydrogen-bond donors (Lipinski definition) is 1. The summed E-state index contributed by atoms with van der Waals surface area (Å²) in [5.41, 5.74) is 2.04. The molecule has 0 unspecified atom stereocenters. The molecular weight excluding hydrogens is 321 g/mol. The maximum Gasteiger partial charge on any atom is 0.277 e. The Labute approximate surface area is 144 Å². The Bertz CT molecular complexity index is 925. The van der Waals surface area contributed by atoms with E-state index in [1.54, 1.807) is 24.4 Å². The van der Waals surface area contributed by atoms with Gasteiger partial charge in [-0.25, -0.2) is 9.07 Å². The normalized spacial score (nSPS) is 13.8. The summed E-state index contributed by atoms with van der Waals surface area (Å²) < 4.78 is 16.8. The summed E-state index contributed by atoms with van der Waals surface area (Å²) in [6, 6.07) is 9.58. The fourth-order valence-electron chi connectivity index (χ4n) is 2.90. The Morgan fingerprint density at radius 3 is 2.88 bits per heavy atom. The molecule has 2 heterocycles. The third-order valence-corrected chi connectivity index (χ3v) is 4.28. The molecule has 3 aromatic rings. The molecule has 0 bridgehead atoms. The fourth-order valence-corrected chi connectivity index (χ4v) is 2.90. The Kier molecular flexibility index (Phi) is 3.83. The van der Waals surface area contributed by atoms with Crippen LogP contribution in [0.25, 0.3) is 5.69 Å². The van der Waals surface area contributed by atoms with E-state index < -0.39 is 0 Å². The lowest BCUT2D eigenvalue weighted by Gasteiger charge is -2.08. The smallest absolute Gasteiger partial charge is 0.277 e. The Morgan fingerprint density at radius 1 is 1.32 bits per heavy atom. The molecule has 0 spiro atoms. The highest BCUT2D eigenvalue weighted by molar-refractivity contribution is 6.02. The highest BCUT2D eigenvalue weighted by Gasteiger charge is 2.29. The molecule has 6 nitrogen and oxygen atoms in total. The van der Waals surface area contributed by atoms with Gasteiger partial charge in [0.25, 0.3) is 5.91 Å². The van der Waals surface area contributed by atoms with E-state index in [-0.39, 0.29) is 11.7 Å². The molecule has 0 atom stereocenters. The van der Waals surface area contributed by atoms with E-state index in [1.807, 2.05) is 17.7 Å². The lowest BCUT2D eigenvalue weighted by molar-refractivity contribution is 0.102. The maximum absolute atomic E-state index is 13.4. The van der Waals surface area contributed by atoms with Crippen molar-refractivity contribution in [2.24, 2.45) is 0 Å². The third kappa shape index (κ3) is 3.05. The van der Waals surface area contributed by atoms with Crippen LogP contribution in [0.15, 0.2) is 42.6 Å². The predicted octanol–water partition coefficient (Wildman–Crippen LogP) is 3.36. The average molecular weight is 339 g/mol. The van der Waals surface area contributed by atoms with Crippen molar-refractivity contribution in [1.82, 2.24) is 19.6 Å². The molecule has 1 aliphatic carbocycles. The Morgan fingerprint density at radius 2 is 2.16 bits per heavy atom. The summed E-state index contributed by atoms with van der Waals surface area (Å²) in [6.07, 6.45) is 3.86. The number of carbonyl (C=O) groups is 1. The number of nitrogens with one attached hydrogen (secondary N) is 1. The highest BCUT2D eigenvalue weighted by atomic mass is 19.1. The predicted molar refractivity (Wildman–Crippen MR) is 91.4 cm³/mol. The molecule has 1 amide bonds. The third-order valence-electron chi connectivity index (χ3n) is 4.28. The van der Waals surface area contributed by atoms with Gasteiger partial charge in [-0.3, -0.25) is 9.48 Å².